The van der Waals surface area contributed by atoms with Crippen LogP contribution in [0.3, 0.4) is 0 Å². The second-order valence-electron chi connectivity index (χ2n) is 6.84. The van der Waals surface area contributed by atoms with Crippen LogP contribution in [0.4, 0.5) is 0 Å². The minimum Gasteiger partial charge on any atom is -0.480 e. The van der Waals surface area contributed by atoms with Crippen molar-refractivity contribution < 1.29 is 19.1 Å². The molecular weight excluding hydrogens is 342 g/mol. The van der Waals surface area contributed by atoms with E-state index in [4.69, 9.17) is 9.47 Å². The molecule has 0 bridgehead atoms. The Hall–Kier alpha value is -2.56. The third kappa shape index (κ3) is 4.41. The molecule has 1 atom stereocenters. The van der Waals surface area contributed by atoms with E-state index in [1.54, 1.807) is 0 Å². The number of rotatable bonds is 6. The second kappa shape index (κ2) is 8.89. The van der Waals surface area contributed by atoms with E-state index in [9.17, 15) is 9.59 Å². The van der Waals surface area contributed by atoms with Crippen LogP contribution in [0, 0.1) is 5.92 Å². The van der Waals surface area contributed by atoms with Crippen molar-refractivity contribution in [3.63, 3.8) is 0 Å². The zero-order chi connectivity index (χ0) is 19.2. The molecule has 1 heterocycles. The Balaban J connectivity index is 1.65. The van der Waals surface area contributed by atoms with Gasteiger partial charge in [-0.2, -0.15) is 0 Å². The van der Waals surface area contributed by atoms with Crippen LogP contribution in [0.2, 0.25) is 0 Å². The lowest BCUT2D eigenvalue weighted by molar-refractivity contribution is -0.152. The van der Waals surface area contributed by atoms with Crippen LogP contribution >= 0.6 is 0 Å². The molecule has 144 valence electrons. The zero-order valence-corrected chi connectivity index (χ0v) is 16.0. The Morgan fingerprint density at radius 2 is 1.78 bits per heavy atom. The van der Waals surface area contributed by atoms with E-state index in [2.05, 4.69) is 0 Å². The van der Waals surface area contributed by atoms with Crippen LogP contribution < -0.4 is 4.74 Å². The van der Waals surface area contributed by atoms with Crippen molar-refractivity contribution in [2.75, 3.05) is 19.7 Å². The highest BCUT2D eigenvalue weighted by Gasteiger charge is 2.31. The zero-order valence-electron chi connectivity index (χ0n) is 16.0. The summed E-state index contributed by atoms with van der Waals surface area (Å²) in [7, 11) is 0. The molecule has 2 aromatic carbocycles. The van der Waals surface area contributed by atoms with Crippen molar-refractivity contribution in [3.8, 4) is 5.75 Å². The van der Waals surface area contributed by atoms with Gasteiger partial charge < -0.3 is 14.4 Å². The molecule has 0 unspecified atom stereocenters. The fraction of sp³-hybridized carbons (Fsp3) is 0.455. The standard InChI is InChI=1S/C22H27NO4/c1-3-19(27-20-11-7-9-16-8-5-6-10-18(16)20)21(24)23-14-12-17(13-15-23)22(25)26-4-2/h5-11,17,19H,3-4,12-15H2,1-2H3/t19-/m0/s1. The van der Waals surface area contributed by atoms with E-state index in [0.29, 0.717) is 39.0 Å². The van der Waals surface area contributed by atoms with Crippen molar-refractivity contribution in [3.05, 3.63) is 42.5 Å². The Bertz CT molecular complexity index is 791. The predicted octanol–water partition coefficient (Wildman–Crippen LogP) is 3.80. The average Bonchev–Trinajstić information content (AvgIpc) is 2.72. The van der Waals surface area contributed by atoms with Crippen molar-refractivity contribution in [2.24, 2.45) is 5.92 Å². The number of carbonyl (C=O) groups is 2. The largest absolute Gasteiger partial charge is 0.480 e. The van der Waals surface area contributed by atoms with Crippen LogP contribution in [-0.2, 0) is 14.3 Å². The number of fused-ring (bicyclic) bond motifs is 1. The Morgan fingerprint density at radius 3 is 2.48 bits per heavy atom. The van der Waals surface area contributed by atoms with E-state index >= 15 is 0 Å². The van der Waals surface area contributed by atoms with Gasteiger partial charge in [-0.3, -0.25) is 9.59 Å². The lowest BCUT2D eigenvalue weighted by atomic mass is 9.96. The van der Waals surface area contributed by atoms with Crippen molar-refractivity contribution >= 4 is 22.6 Å². The fourth-order valence-corrected chi connectivity index (χ4v) is 3.56. The number of benzene rings is 2. The minimum absolute atomic E-state index is 0.00672. The van der Waals surface area contributed by atoms with Gasteiger partial charge in [-0.25, -0.2) is 0 Å². The maximum Gasteiger partial charge on any atom is 0.309 e. The summed E-state index contributed by atoms with van der Waals surface area (Å²) < 4.78 is 11.2. The Kier molecular flexibility index (Phi) is 6.32. The molecule has 1 aliphatic rings. The van der Waals surface area contributed by atoms with E-state index in [-0.39, 0.29) is 17.8 Å². The van der Waals surface area contributed by atoms with Crippen molar-refractivity contribution in [1.82, 2.24) is 4.90 Å². The molecule has 1 aliphatic heterocycles. The van der Waals surface area contributed by atoms with Gasteiger partial charge in [0.1, 0.15) is 5.75 Å². The molecule has 0 saturated carbocycles. The first kappa shape index (κ1) is 19.2. The van der Waals surface area contributed by atoms with Crippen molar-refractivity contribution in [2.45, 2.75) is 39.2 Å². The number of carbonyl (C=O) groups excluding carboxylic acids is 2. The summed E-state index contributed by atoms with van der Waals surface area (Å²) in [6.45, 7) is 5.30. The number of hydrogen-bond donors (Lipinski definition) is 0. The normalized spacial score (nSPS) is 16.1. The number of ether oxygens (including phenoxy) is 2. The lowest BCUT2D eigenvalue weighted by Crippen LogP contribution is -2.46. The molecule has 5 nitrogen and oxygen atoms in total. The third-order valence-corrected chi connectivity index (χ3v) is 5.09. The summed E-state index contributed by atoms with van der Waals surface area (Å²) in [5.41, 5.74) is 0. The van der Waals surface area contributed by atoms with E-state index in [1.807, 2.05) is 61.2 Å². The summed E-state index contributed by atoms with van der Waals surface area (Å²) in [5, 5.41) is 2.10. The molecule has 3 rings (SSSR count). The Morgan fingerprint density at radius 1 is 1.07 bits per heavy atom. The van der Waals surface area contributed by atoms with E-state index in [0.717, 1.165) is 16.5 Å². The molecule has 1 saturated heterocycles. The van der Waals surface area contributed by atoms with Gasteiger partial charge in [-0.05, 0) is 37.6 Å². The molecule has 1 fully saturated rings. The summed E-state index contributed by atoms with van der Waals surface area (Å²) in [6.07, 6.45) is 1.37. The number of nitrogens with zero attached hydrogens (tertiary/aromatic N) is 1. The monoisotopic (exact) mass is 369 g/mol. The quantitative estimate of drug-likeness (QED) is 0.727. The van der Waals surface area contributed by atoms with Gasteiger partial charge in [0.2, 0.25) is 0 Å². The third-order valence-electron chi connectivity index (χ3n) is 5.09. The SMILES string of the molecule is CCOC(=O)C1CCN(C(=O)[C@H](CC)Oc2cccc3ccccc23)CC1. The molecule has 0 spiro atoms. The summed E-state index contributed by atoms with van der Waals surface area (Å²) >= 11 is 0. The highest BCUT2D eigenvalue weighted by molar-refractivity contribution is 5.89. The van der Waals surface area contributed by atoms with Gasteiger partial charge in [0, 0.05) is 18.5 Å². The number of hydrogen-bond acceptors (Lipinski definition) is 4. The number of piperidine rings is 1. The van der Waals surface area contributed by atoms with Crippen LogP contribution in [0.15, 0.2) is 42.5 Å². The van der Waals surface area contributed by atoms with Gasteiger partial charge in [0.05, 0.1) is 12.5 Å². The van der Waals surface area contributed by atoms with Gasteiger partial charge in [-0.15, -0.1) is 0 Å². The molecule has 0 aliphatic carbocycles. The van der Waals surface area contributed by atoms with Gasteiger partial charge in [0.25, 0.3) is 5.91 Å². The van der Waals surface area contributed by atoms with Crippen LogP contribution in [0.25, 0.3) is 10.8 Å². The molecule has 0 radical (unpaired) electrons. The van der Waals surface area contributed by atoms with Gasteiger partial charge in [-0.1, -0.05) is 43.3 Å². The van der Waals surface area contributed by atoms with Crippen LogP contribution in [-0.4, -0.2) is 42.6 Å². The lowest BCUT2D eigenvalue weighted by Gasteiger charge is -2.33. The molecule has 5 heteroatoms. The van der Waals surface area contributed by atoms with E-state index < -0.39 is 6.10 Å². The minimum atomic E-state index is -0.519. The summed E-state index contributed by atoms with van der Waals surface area (Å²) in [5.74, 6) is 0.471. The number of esters is 1. The molecule has 0 N–H and O–H groups in total. The smallest absolute Gasteiger partial charge is 0.309 e. The molecule has 27 heavy (non-hydrogen) atoms. The highest BCUT2D eigenvalue weighted by atomic mass is 16.5. The maximum absolute atomic E-state index is 13.0. The van der Waals surface area contributed by atoms with Gasteiger partial charge >= 0.3 is 5.97 Å². The van der Waals surface area contributed by atoms with Gasteiger partial charge in [0.15, 0.2) is 6.10 Å². The van der Waals surface area contributed by atoms with E-state index in [1.165, 1.54) is 0 Å². The van der Waals surface area contributed by atoms with Crippen molar-refractivity contribution in [1.29, 1.82) is 0 Å². The Labute approximate surface area is 160 Å². The molecule has 0 aromatic heterocycles. The first-order chi connectivity index (χ1) is 13.1. The highest BCUT2D eigenvalue weighted by Crippen LogP contribution is 2.27. The summed E-state index contributed by atoms with van der Waals surface area (Å²) in [6, 6.07) is 13.9. The molecule has 1 amide bonds. The van der Waals surface area contributed by atoms with Crippen LogP contribution in [0.1, 0.15) is 33.1 Å². The first-order valence-electron chi connectivity index (χ1n) is 9.73. The number of amides is 1. The predicted molar refractivity (Wildman–Crippen MR) is 105 cm³/mol. The first-order valence-corrected chi connectivity index (χ1v) is 9.73. The second-order valence-corrected chi connectivity index (χ2v) is 6.84. The van der Waals surface area contributed by atoms with Crippen LogP contribution in [0.5, 0.6) is 5.75 Å². The fourth-order valence-electron chi connectivity index (χ4n) is 3.56. The molecular formula is C22H27NO4. The maximum atomic E-state index is 13.0. The molecule has 2 aromatic rings. The number of likely N-dealkylation sites (tertiary alicyclic amines) is 1. The summed E-state index contributed by atoms with van der Waals surface area (Å²) in [4.78, 5) is 26.7. The topological polar surface area (TPSA) is 55.8 Å². The average molecular weight is 369 g/mol.